The van der Waals surface area contributed by atoms with E-state index in [2.05, 4.69) is 4.98 Å². The van der Waals surface area contributed by atoms with Gasteiger partial charge in [-0.1, -0.05) is 18.2 Å². The molecule has 0 saturated carbocycles. The average molecular weight is 241 g/mol. The van der Waals surface area contributed by atoms with Crippen LogP contribution in [-0.4, -0.2) is 11.0 Å². The molecule has 0 radical (unpaired) electrons. The first-order valence-electron chi connectivity index (χ1n) is 5.78. The van der Waals surface area contributed by atoms with E-state index in [9.17, 15) is 4.79 Å². The molecule has 0 aliphatic rings. The molecule has 1 heterocycles. The zero-order chi connectivity index (χ0) is 13.0. The molecule has 0 saturated heterocycles. The van der Waals surface area contributed by atoms with E-state index in [-0.39, 0.29) is 5.97 Å². The highest BCUT2D eigenvalue weighted by Gasteiger charge is 2.25. The van der Waals surface area contributed by atoms with Crippen LogP contribution in [0.15, 0.2) is 54.9 Å². The minimum Gasteiger partial charge on any atom is -0.451 e. The molecule has 3 heteroatoms. The lowest BCUT2D eigenvalue weighted by Crippen LogP contribution is -2.25. The van der Waals surface area contributed by atoms with Crippen LogP contribution >= 0.6 is 0 Å². The monoisotopic (exact) mass is 241 g/mol. The van der Waals surface area contributed by atoms with Gasteiger partial charge in [0.25, 0.3) is 0 Å². The molecule has 18 heavy (non-hydrogen) atoms. The van der Waals surface area contributed by atoms with Crippen molar-refractivity contribution in [1.82, 2.24) is 4.98 Å². The molecule has 1 aromatic heterocycles. The number of esters is 1. The molecule has 0 aliphatic heterocycles. The Morgan fingerprint density at radius 3 is 2.28 bits per heavy atom. The van der Waals surface area contributed by atoms with Gasteiger partial charge < -0.3 is 4.74 Å². The number of hydrogen-bond acceptors (Lipinski definition) is 3. The third kappa shape index (κ3) is 2.74. The van der Waals surface area contributed by atoms with Crippen molar-refractivity contribution < 1.29 is 9.53 Å². The summed E-state index contributed by atoms with van der Waals surface area (Å²) in [5.41, 5.74) is 0.803. The lowest BCUT2D eigenvalue weighted by molar-refractivity contribution is -0.00316. The van der Waals surface area contributed by atoms with E-state index >= 15 is 0 Å². The Hall–Kier alpha value is -2.16. The van der Waals surface area contributed by atoms with Crippen molar-refractivity contribution in [2.45, 2.75) is 19.4 Å². The Balaban J connectivity index is 2.17. The normalized spacial score (nSPS) is 11.0. The number of nitrogens with zero attached hydrogens (tertiary/aromatic N) is 1. The first kappa shape index (κ1) is 12.3. The highest BCUT2D eigenvalue weighted by molar-refractivity contribution is 5.89. The van der Waals surface area contributed by atoms with Gasteiger partial charge in [0.15, 0.2) is 0 Å². The molecular weight excluding hydrogens is 226 g/mol. The van der Waals surface area contributed by atoms with Crippen molar-refractivity contribution in [2.75, 3.05) is 0 Å². The fourth-order valence-electron chi connectivity index (χ4n) is 1.68. The van der Waals surface area contributed by atoms with Crippen LogP contribution in [0.25, 0.3) is 0 Å². The summed E-state index contributed by atoms with van der Waals surface area (Å²) >= 11 is 0. The Morgan fingerprint density at radius 1 is 1.06 bits per heavy atom. The van der Waals surface area contributed by atoms with Crippen LogP contribution in [0.2, 0.25) is 0 Å². The summed E-state index contributed by atoms with van der Waals surface area (Å²) in [6.45, 7) is 3.73. The fourth-order valence-corrected chi connectivity index (χ4v) is 1.68. The fraction of sp³-hybridized carbons (Fsp3) is 0.200. The molecule has 0 aliphatic carbocycles. The Labute approximate surface area is 106 Å². The second-order valence-corrected chi connectivity index (χ2v) is 4.50. The van der Waals surface area contributed by atoms with Crippen LogP contribution in [0.3, 0.4) is 0 Å². The summed E-state index contributed by atoms with van der Waals surface area (Å²) in [5, 5.41) is 0. The number of benzene rings is 1. The average Bonchev–Trinajstić information content (AvgIpc) is 2.40. The largest absolute Gasteiger partial charge is 0.451 e. The number of pyridine rings is 1. The molecule has 0 unspecified atom stereocenters. The van der Waals surface area contributed by atoms with Crippen LogP contribution in [0.1, 0.15) is 29.8 Å². The molecule has 92 valence electrons. The van der Waals surface area contributed by atoms with E-state index < -0.39 is 5.60 Å². The second-order valence-electron chi connectivity index (χ2n) is 4.50. The zero-order valence-corrected chi connectivity index (χ0v) is 10.5. The van der Waals surface area contributed by atoms with Gasteiger partial charge >= 0.3 is 5.97 Å². The third-order valence-electron chi connectivity index (χ3n) is 2.73. The van der Waals surface area contributed by atoms with Crippen LogP contribution in [-0.2, 0) is 10.3 Å². The van der Waals surface area contributed by atoms with Gasteiger partial charge in [-0.3, -0.25) is 4.98 Å². The maximum atomic E-state index is 12.0. The predicted octanol–water partition coefficient (Wildman–Crippen LogP) is 3.17. The quantitative estimate of drug-likeness (QED) is 0.775. The summed E-state index contributed by atoms with van der Waals surface area (Å²) in [6.07, 6.45) is 3.38. The first-order chi connectivity index (χ1) is 8.59. The van der Waals surface area contributed by atoms with E-state index in [1.807, 2.05) is 44.2 Å². The van der Waals surface area contributed by atoms with Crippen molar-refractivity contribution in [2.24, 2.45) is 0 Å². The number of carbonyl (C=O) groups is 1. The Morgan fingerprint density at radius 2 is 1.67 bits per heavy atom. The molecule has 0 spiro atoms. The van der Waals surface area contributed by atoms with Crippen molar-refractivity contribution in [3.63, 3.8) is 0 Å². The van der Waals surface area contributed by atoms with Crippen molar-refractivity contribution in [3.05, 3.63) is 66.0 Å². The van der Waals surface area contributed by atoms with Crippen molar-refractivity contribution in [3.8, 4) is 0 Å². The topological polar surface area (TPSA) is 39.2 Å². The van der Waals surface area contributed by atoms with E-state index in [1.165, 1.54) is 0 Å². The minimum atomic E-state index is -0.671. The Kier molecular flexibility index (Phi) is 3.42. The van der Waals surface area contributed by atoms with Gasteiger partial charge in [-0.2, -0.15) is 0 Å². The van der Waals surface area contributed by atoms with Crippen LogP contribution in [0.5, 0.6) is 0 Å². The van der Waals surface area contributed by atoms with Gasteiger partial charge in [0.2, 0.25) is 0 Å². The molecule has 2 rings (SSSR count). The SMILES string of the molecule is CC(C)(OC(=O)c1ccccc1)c1ccncc1. The number of carbonyl (C=O) groups excluding carboxylic acids is 1. The van der Waals surface area contributed by atoms with Gasteiger partial charge in [0, 0.05) is 12.4 Å². The molecule has 2 aromatic rings. The first-order valence-corrected chi connectivity index (χ1v) is 5.78. The van der Waals surface area contributed by atoms with E-state index in [4.69, 9.17) is 4.74 Å². The van der Waals surface area contributed by atoms with Gasteiger partial charge in [-0.05, 0) is 43.7 Å². The van der Waals surface area contributed by atoms with Gasteiger partial charge in [0.1, 0.15) is 5.60 Å². The van der Waals surface area contributed by atoms with Crippen molar-refractivity contribution >= 4 is 5.97 Å². The van der Waals surface area contributed by atoms with Gasteiger partial charge in [0.05, 0.1) is 5.56 Å². The summed E-state index contributed by atoms with van der Waals surface area (Å²) in [6, 6.07) is 12.7. The standard InChI is InChI=1S/C15H15NO2/c1-15(2,13-8-10-16-11-9-13)18-14(17)12-6-4-3-5-7-12/h3-11H,1-2H3. The molecule has 1 aromatic carbocycles. The molecule has 0 atom stereocenters. The highest BCUT2D eigenvalue weighted by atomic mass is 16.6. The van der Waals surface area contributed by atoms with Crippen LogP contribution < -0.4 is 0 Å². The van der Waals surface area contributed by atoms with E-state index in [1.54, 1.807) is 24.5 Å². The van der Waals surface area contributed by atoms with E-state index in [0.717, 1.165) is 5.56 Å². The number of ether oxygens (including phenoxy) is 1. The lowest BCUT2D eigenvalue weighted by atomic mass is 9.99. The number of aromatic nitrogens is 1. The molecule has 0 amide bonds. The third-order valence-corrected chi connectivity index (χ3v) is 2.73. The molecule has 0 bridgehead atoms. The number of hydrogen-bond donors (Lipinski definition) is 0. The maximum Gasteiger partial charge on any atom is 0.338 e. The second kappa shape index (κ2) is 5.00. The minimum absolute atomic E-state index is 0.322. The van der Waals surface area contributed by atoms with E-state index in [0.29, 0.717) is 5.56 Å². The lowest BCUT2D eigenvalue weighted by Gasteiger charge is -2.25. The zero-order valence-electron chi connectivity index (χ0n) is 10.5. The summed E-state index contributed by atoms with van der Waals surface area (Å²) in [4.78, 5) is 16.0. The predicted molar refractivity (Wildman–Crippen MR) is 69.1 cm³/mol. The smallest absolute Gasteiger partial charge is 0.338 e. The summed E-state index contributed by atoms with van der Waals surface area (Å²) in [7, 11) is 0. The molecule has 0 fully saturated rings. The molecule has 3 nitrogen and oxygen atoms in total. The van der Waals surface area contributed by atoms with Crippen LogP contribution in [0.4, 0.5) is 0 Å². The Bertz CT molecular complexity index is 521. The van der Waals surface area contributed by atoms with Crippen molar-refractivity contribution in [1.29, 1.82) is 0 Å². The molecular formula is C15H15NO2. The molecule has 0 N–H and O–H groups in total. The van der Waals surface area contributed by atoms with Gasteiger partial charge in [-0.15, -0.1) is 0 Å². The summed E-state index contributed by atoms with van der Waals surface area (Å²) in [5.74, 6) is -0.322. The highest BCUT2D eigenvalue weighted by Crippen LogP contribution is 2.25. The number of rotatable bonds is 3. The van der Waals surface area contributed by atoms with Gasteiger partial charge in [-0.25, -0.2) is 4.79 Å². The summed E-state index contributed by atoms with van der Waals surface area (Å²) < 4.78 is 5.54. The maximum absolute atomic E-state index is 12.0. The van der Waals surface area contributed by atoms with Crippen LogP contribution in [0, 0.1) is 0 Å².